The summed E-state index contributed by atoms with van der Waals surface area (Å²) in [5, 5.41) is 2.68. The number of carbonyl (C=O) groups excluding carboxylic acids is 1. The van der Waals surface area contributed by atoms with Crippen LogP contribution in [0.3, 0.4) is 0 Å². The van der Waals surface area contributed by atoms with Crippen molar-refractivity contribution >= 4 is 21.6 Å². The molecule has 0 aliphatic heterocycles. The lowest BCUT2D eigenvalue weighted by molar-refractivity contribution is -0.127. The zero-order chi connectivity index (χ0) is 20.7. The minimum Gasteiger partial charge on any atom is -0.492 e. The van der Waals surface area contributed by atoms with Crippen molar-refractivity contribution in [1.29, 1.82) is 0 Å². The van der Waals surface area contributed by atoms with Crippen molar-refractivity contribution in [2.75, 3.05) is 30.8 Å². The molecule has 9 heteroatoms. The monoisotopic (exact) mass is 410 g/mol. The predicted octanol–water partition coefficient (Wildman–Crippen LogP) is 2.18. The van der Waals surface area contributed by atoms with Gasteiger partial charge in [-0.3, -0.25) is 9.10 Å². The molecule has 2 rings (SSSR count). The maximum Gasteiger partial charge on any atom is 0.260 e. The largest absolute Gasteiger partial charge is 0.492 e. The van der Waals surface area contributed by atoms with Gasteiger partial charge in [0, 0.05) is 7.05 Å². The van der Waals surface area contributed by atoms with Gasteiger partial charge in [0.05, 0.1) is 18.5 Å². The van der Waals surface area contributed by atoms with Crippen LogP contribution in [0.4, 0.5) is 10.1 Å². The van der Waals surface area contributed by atoms with Crippen LogP contribution in [0.1, 0.15) is 6.92 Å². The first-order chi connectivity index (χ1) is 13.2. The van der Waals surface area contributed by atoms with Crippen molar-refractivity contribution in [3.8, 4) is 11.5 Å². The smallest absolute Gasteiger partial charge is 0.260 e. The van der Waals surface area contributed by atoms with Crippen LogP contribution < -0.4 is 19.1 Å². The van der Waals surface area contributed by atoms with E-state index in [1.165, 1.54) is 31.3 Å². The van der Waals surface area contributed by atoms with Crippen molar-refractivity contribution in [2.45, 2.75) is 13.0 Å². The van der Waals surface area contributed by atoms with E-state index in [4.69, 9.17) is 9.47 Å². The van der Waals surface area contributed by atoms with Crippen LogP contribution in [0.5, 0.6) is 11.5 Å². The number of ether oxygens (including phenoxy) is 2. The van der Waals surface area contributed by atoms with Gasteiger partial charge in [-0.25, -0.2) is 12.8 Å². The second-order valence-electron chi connectivity index (χ2n) is 6.08. The van der Waals surface area contributed by atoms with Crippen molar-refractivity contribution in [3.63, 3.8) is 0 Å². The Kier molecular flexibility index (Phi) is 7.22. The molecular formula is C19H23FN2O5S. The Morgan fingerprint density at radius 1 is 1.11 bits per heavy atom. The molecule has 0 spiro atoms. The molecule has 1 atom stereocenters. The fraction of sp³-hybridized carbons (Fsp3) is 0.316. The molecule has 0 saturated carbocycles. The molecule has 7 nitrogen and oxygen atoms in total. The SMILES string of the molecule is C[C@H](Oc1ccc(N(C)S(C)(=O)=O)cc1)C(=O)NCCOc1ccc(F)cc1. The van der Waals surface area contributed by atoms with Crippen LogP contribution in [0, 0.1) is 5.82 Å². The summed E-state index contributed by atoms with van der Waals surface area (Å²) in [7, 11) is -1.89. The van der Waals surface area contributed by atoms with Gasteiger partial charge in [0.1, 0.15) is 23.9 Å². The van der Waals surface area contributed by atoms with E-state index in [0.29, 0.717) is 17.2 Å². The zero-order valence-electron chi connectivity index (χ0n) is 15.9. The summed E-state index contributed by atoms with van der Waals surface area (Å²) in [5.74, 6) is 0.289. The van der Waals surface area contributed by atoms with E-state index in [9.17, 15) is 17.6 Å². The third-order valence-corrected chi connectivity index (χ3v) is 5.07. The Morgan fingerprint density at radius 3 is 2.25 bits per heavy atom. The summed E-state index contributed by atoms with van der Waals surface area (Å²) >= 11 is 0. The Morgan fingerprint density at radius 2 is 1.68 bits per heavy atom. The fourth-order valence-electron chi connectivity index (χ4n) is 2.20. The van der Waals surface area contributed by atoms with Crippen LogP contribution in [-0.2, 0) is 14.8 Å². The minimum atomic E-state index is -3.34. The van der Waals surface area contributed by atoms with Crippen molar-refractivity contribution in [2.24, 2.45) is 0 Å². The number of hydrogen-bond donors (Lipinski definition) is 1. The molecule has 2 aromatic rings. The molecule has 0 unspecified atom stereocenters. The number of hydrogen-bond acceptors (Lipinski definition) is 5. The summed E-state index contributed by atoms with van der Waals surface area (Å²) in [5.41, 5.74) is 0.491. The first-order valence-electron chi connectivity index (χ1n) is 8.53. The number of rotatable bonds is 9. The maximum atomic E-state index is 12.8. The van der Waals surface area contributed by atoms with Gasteiger partial charge < -0.3 is 14.8 Å². The molecule has 0 bridgehead atoms. The Balaban J connectivity index is 1.77. The van der Waals surface area contributed by atoms with E-state index < -0.39 is 16.1 Å². The first kappa shape index (κ1) is 21.5. The van der Waals surface area contributed by atoms with Gasteiger partial charge in [0.2, 0.25) is 10.0 Å². The summed E-state index contributed by atoms with van der Waals surface area (Å²) in [6, 6.07) is 12.0. The molecular weight excluding hydrogens is 387 g/mol. The van der Waals surface area contributed by atoms with Crippen LogP contribution in [-0.4, -0.2) is 46.9 Å². The van der Waals surface area contributed by atoms with Gasteiger partial charge >= 0.3 is 0 Å². The quantitative estimate of drug-likeness (QED) is 0.641. The highest BCUT2D eigenvalue weighted by Gasteiger charge is 2.15. The molecule has 152 valence electrons. The van der Waals surface area contributed by atoms with Gasteiger partial charge in [-0.2, -0.15) is 0 Å². The Hall–Kier alpha value is -2.81. The topological polar surface area (TPSA) is 84.9 Å². The van der Waals surface area contributed by atoms with E-state index in [0.717, 1.165) is 10.6 Å². The van der Waals surface area contributed by atoms with Crippen LogP contribution in [0.15, 0.2) is 48.5 Å². The highest BCUT2D eigenvalue weighted by molar-refractivity contribution is 7.92. The van der Waals surface area contributed by atoms with Gasteiger partial charge in [0.25, 0.3) is 5.91 Å². The van der Waals surface area contributed by atoms with E-state index in [-0.39, 0.29) is 24.9 Å². The number of anilines is 1. The molecule has 0 aliphatic carbocycles. The maximum absolute atomic E-state index is 12.8. The normalized spacial score (nSPS) is 12.1. The number of amides is 1. The van der Waals surface area contributed by atoms with E-state index in [1.54, 1.807) is 31.2 Å². The van der Waals surface area contributed by atoms with Crippen LogP contribution in [0.25, 0.3) is 0 Å². The van der Waals surface area contributed by atoms with Gasteiger partial charge in [-0.05, 0) is 55.5 Å². The van der Waals surface area contributed by atoms with E-state index in [1.807, 2.05) is 0 Å². The first-order valence-corrected chi connectivity index (χ1v) is 10.4. The number of benzene rings is 2. The molecule has 1 N–H and O–H groups in total. The van der Waals surface area contributed by atoms with Crippen molar-refractivity contribution in [1.82, 2.24) is 5.32 Å². The third-order valence-electron chi connectivity index (χ3n) is 3.86. The van der Waals surface area contributed by atoms with Gasteiger partial charge in [0.15, 0.2) is 6.10 Å². The minimum absolute atomic E-state index is 0.233. The number of halogens is 1. The molecule has 0 aliphatic rings. The molecule has 0 aromatic heterocycles. The molecule has 0 radical (unpaired) electrons. The van der Waals surface area contributed by atoms with Gasteiger partial charge in [-0.1, -0.05) is 0 Å². The van der Waals surface area contributed by atoms with Crippen LogP contribution >= 0.6 is 0 Å². The molecule has 1 amide bonds. The summed E-state index contributed by atoms with van der Waals surface area (Å²) in [4.78, 5) is 12.1. The number of carbonyl (C=O) groups is 1. The summed E-state index contributed by atoms with van der Waals surface area (Å²) < 4.78 is 48.0. The summed E-state index contributed by atoms with van der Waals surface area (Å²) in [6.45, 7) is 2.10. The highest BCUT2D eigenvalue weighted by atomic mass is 32.2. The van der Waals surface area contributed by atoms with E-state index >= 15 is 0 Å². The number of sulfonamides is 1. The Bertz CT molecular complexity index is 886. The lowest BCUT2D eigenvalue weighted by Gasteiger charge is -2.18. The molecule has 28 heavy (non-hydrogen) atoms. The van der Waals surface area contributed by atoms with Crippen molar-refractivity contribution in [3.05, 3.63) is 54.3 Å². The molecule has 2 aromatic carbocycles. The lowest BCUT2D eigenvalue weighted by atomic mass is 10.3. The second-order valence-corrected chi connectivity index (χ2v) is 8.09. The average Bonchev–Trinajstić information content (AvgIpc) is 2.65. The Labute approximate surface area is 164 Å². The highest BCUT2D eigenvalue weighted by Crippen LogP contribution is 2.21. The van der Waals surface area contributed by atoms with Crippen molar-refractivity contribution < 1.29 is 27.1 Å². The third kappa shape index (κ3) is 6.41. The zero-order valence-corrected chi connectivity index (χ0v) is 16.7. The number of nitrogens with zero attached hydrogens (tertiary/aromatic N) is 1. The average molecular weight is 410 g/mol. The molecule has 0 fully saturated rings. The lowest BCUT2D eigenvalue weighted by Crippen LogP contribution is -2.38. The second kappa shape index (κ2) is 9.41. The standard InChI is InChI=1S/C19H23FN2O5S/c1-14(19(23)21-12-13-26-17-8-4-15(20)5-9-17)27-18-10-6-16(7-11-18)22(2)28(3,24)25/h4-11,14H,12-13H2,1-3H3,(H,21,23)/t14-/m0/s1. The summed E-state index contributed by atoms with van der Waals surface area (Å²) in [6.07, 6.45) is 0.369. The molecule has 0 saturated heterocycles. The van der Waals surface area contributed by atoms with E-state index in [2.05, 4.69) is 5.32 Å². The van der Waals surface area contributed by atoms with Gasteiger partial charge in [-0.15, -0.1) is 0 Å². The molecule has 0 heterocycles. The predicted molar refractivity (Wildman–Crippen MR) is 105 cm³/mol. The van der Waals surface area contributed by atoms with Crippen LogP contribution in [0.2, 0.25) is 0 Å². The number of nitrogens with one attached hydrogen (secondary N) is 1. The fourth-order valence-corrected chi connectivity index (χ4v) is 2.71.